The summed E-state index contributed by atoms with van der Waals surface area (Å²) in [7, 11) is 0. The minimum absolute atomic E-state index is 0.0787. The number of hydrogen-bond donors (Lipinski definition) is 0. The highest BCUT2D eigenvalue weighted by Gasteiger charge is 2.37. The molecule has 0 aliphatic carbocycles. The number of imide groups is 1. The van der Waals surface area contributed by atoms with Crippen molar-refractivity contribution < 1.29 is 9.59 Å². The van der Waals surface area contributed by atoms with E-state index in [1.165, 1.54) is 4.90 Å². The number of nitrogens with zero attached hydrogens (tertiary/aromatic N) is 1. The van der Waals surface area contributed by atoms with E-state index >= 15 is 0 Å². The van der Waals surface area contributed by atoms with Crippen molar-refractivity contribution in [2.75, 3.05) is 4.90 Å². The van der Waals surface area contributed by atoms with Gasteiger partial charge >= 0.3 is 0 Å². The van der Waals surface area contributed by atoms with Gasteiger partial charge in [0.05, 0.1) is 5.69 Å². The van der Waals surface area contributed by atoms with Gasteiger partial charge in [-0.15, -0.1) is 0 Å². The lowest BCUT2D eigenvalue weighted by atomic mass is 10.0. The Morgan fingerprint density at radius 2 is 1.53 bits per heavy atom. The average molecular weight is 261 g/mol. The van der Waals surface area contributed by atoms with Gasteiger partial charge in [0.2, 0.25) is 11.8 Å². The summed E-state index contributed by atoms with van der Waals surface area (Å²) in [5.74, 6) is -0.356. The fourth-order valence-corrected chi connectivity index (χ4v) is 2.54. The van der Waals surface area contributed by atoms with E-state index < -0.39 is 0 Å². The van der Waals surface area contributed by atoms with Crippen molar-refractivity contribution in [2.24, 2.45) is 5.92 Å². The second kappa shape index (κ2) is 6.00. The largest absolute Gasteiger partial charge is 0.274 e. The van der Waals surface area contributed by atoms with Crippen LogP contribution >= 0.6 is 0 Å². The number of rotatable bonds is 1. The van der Waals surface area contributed by atoms with Crippen LogP contribution in [0.15, 0.2) is 12.1 Å². The predicted molar refractivity (Wildman–Crippen MR) is 78.3 cm³/mol. The van der Waals surface area contributed by atoms with Gasteiger partial charge in [0.25, 0.3) is 0 Å². The molecule has 0 aromatic heterocycles. The van der Waals surface area contributed by atoms with Gasteiger partial charge < -0.3 is 0 Å². The molecule has 1 unspecified atom stereocenters. The molecule has 1 heterocycles. The normalized spacial score (nSPS) is 18.4. The van der Waals surface area contributed by atoms with E-state index in [9.17, 15) is 9.59 Å². The zero-order valence-electron chi connectivity index (χ0n) is 12.7. The van der Waals surface area contributed by atoms with E-state index in [-0.39, 0.29) is 17.7 Å². The Hall–Kier alpha value is -1.64. The highest BCUT2D eigenvalue weighted by molar-refractivity contribution is 6.21. The molecule has 0 spiro atoms. The first-order valence-corrected chi connectivity index (χ1v) is 6.86. The third-order valence-corrected chi connectivity index (χ3v) is 3.23. The van der Waals surface area contributed by atoms with Gasteiger partial charge in [-0.2, -0.15) is 0 Å². The molecular formula is C16H23NO2. The van der Waals surface area contributed by atoms with Gasteiger partial charge in [-0.25, -0.2) is 4.90 Å². The van der Waals surface area contributed by atoms with Crippen molar-refractivity contribution in [1.29, 1.82) is 0 Å². The lowest BCUT2D eigenvalue weighted by Crippen LogP contribution is -2.31. The lowest BCUT2D eigenvalue weighted by molar-refractivity contribution is -0.122. The Morgan fingerprint density at radius 1 is 1.05 bits per heavy atom. The topological polar surface area (TPSA) is 37.4 Å². The van der Waals surface area contributed by atoms with Gasteiger partial charge in [-0.05, 0) is 31.9 Å². The van der Waals surface area contributed by atoms with Gasteiger partial charge in [-0.1, -0.05) is 38.5 Å². The van der Waals surface area contributed by atoms with Crippen LogP contribution < -0.4 is 4.90 Å². The molecule has 3 nitrogen and oxygen atoms in total. The number of benzene rings is 1. The van der Waals surface area contributed by atoms with Crippen molar-refractivity contribution in [2.45, 2.75) is 48.0 Å². The van der Waals surface area contributed by atoms with Crippen LogP contribution in [0, 0.1) is 26.7 Å². The molecule has 0 radical (unpaired) electrons. The van der Waals surface area contributed by atoms with Gasteiger partial charge in [0, 0.05) is 12.3 Å². The van der Waals surface area contributed by atoms with Crippen LogP contribution in [0.5, 0.6) is 0 Å². The minimum Gasteiger partial charge on any atom is -0.274 e. The zero-order chi connectivity index (χ0) is 14.7. The molecule has 104 valence electrons. The van der Waals surface area contributed by atoms with Crippen molar-refractivity contribution in [3.63, 3.8) is 0 Å². The molecular weight excluding hydrogens is 238 g/mol. The number of aryl methyl sites for hydroxylation is 3. The van der Waals surface area contributed by atoms with E-state index in [1.54, 1.807) is 6.92 Å². The molecule has 2 amide bonds. The highest BCUT2D eigenvalue weighted by atomic mass is 16.2. The second-order valence-corrected chi connectivity index (χ2v) is 4.92. The number of carbonyl (C=O) groups excluding carboxylic acids is 2. The number of carbonyl (C=O) groups is 2. The summed E-state index contributed by atoms with van der Waals surface area (Å²) < 4.78 is 0. The van der Waals surface area contributed by atoms with Crippen molar-refractivity contribution in [3.05, 3.63) is 28.8 Å². The van der Waals surface area contributed by atoms with E-state index in [1.807, 2.05) is 46.8 Å². The van der Waals surface area contributed by atoms with E-state index in [4.69, 9.17) is 0 Å². The first-order valence-electron chi connectivity index (χ1n) is 6.86. The van der Waals surface area contributed by atoms with Gasteiger partial charge in [0.1, 0.15) is 0 Å². The Bertz CT molecular complexity index is 482. The van der Waals surface area contributed by atoms with E-state index in [0.29, 0.717) is 6.42 Å². The van der Waals surface area contributed by atoms with Crippen LogP contribution in [0.3, 0.4) is 0 Å². The molecule has 1 fully saturated rings. The van der Waals surface area contributed by atoms with Crippen LogP contribution in [0.25, 0.3) is 0 Å². The maximum absolute atomic E-state index is 12.0. The molecule has 1 aromatic rings. The first-order chi connectivity index (χ1) is 8.91. The van der Waals surface area contributed by atoms with Crippen molar-refractivity contribution in [3.8, 4) is 0 Å². The van der Waals surface area contributed by atoms with Crippen molar-refractivity contribution >= 4 is 17.5 Å². The third kappa shape index (κ3) is 2.86. The third-order valence-electron chi connectivity index (χ3n) is 3.23. The number of anilines is 1. The molecule has 1 aromatic carbocycles. The van der Waals surface area contributed by atoms with Crippen molar-refractivity contribution in [1.82, 2.24) is 0 Å². The van der Waals surface area contributed by atoms with E-state index in [0.717, 1.165) is 22.4 Å². The molecule has 1 saturated heterocycles. The Kier molecular flexibility index (Phi) is 4.87. The standard InChI is InChI=1S/C14H17NO2.C2H6/c1-8-5-9(2)13(10(3)6-8)15-12(16)7-11(4)14(15)17;1-2/h5-6,11H,7H2,1-4H3;1-2H3. The molecule has 0 bridgehead atoms. The Labute approximate surface area is 115 Å². The number of amides is 2. The summed E-state index contributed by atoms with van der Waals surface area (Å²) >= 11 is 0. The smallest absolute Gasteiger partial charge is 0.237 e. The Balaban J connectivity index is 0.000000861. The summed E-state index contributed by atoms with van der Waals surface area (Å²) in [6.45, 7) is 11.7. The summed E-state index contributed by atoms with van der Waals surface area (Å²) in [5, 5.41) is 0. The molecule has 2 rings (SSSR count). The maximum Gasteiger partial charge on any atom is 0.237 e. The second-order valence-electron chi connectivity index (χ2n) is 4.92. The van der Waals surface area contributed by atoms with Crippen LogP contribution in [-0.2, 0) is 9.59 Å². The molecule has 0 N–H and O–H groups in total. The van der Waals surface area contributed by atoms with Crippen LogP contribution in [-0.4, -0.2) is 11.8 Å². The van der Waals surface area contributed by atoms with Crippen LogP contribution in [0.1, 0.15) is 43.9 Å². The summed E-state index contributed by atoms with van der Waals surface area (Å²) in [5.41, 5.74) is 3.89. The fraction of sp³-hybridized carbons (Fsp3) is 0.500. The minimum atomic E-state index is -0.192. The fourth-order valence-electron chi connectivity index (χ4n) is 2.54. The summed E-state index contributed by atoms with van der Waals surface area (Å²) in [6, 6.07) is 4.01. The average Bonchev–Trinajstić information content (AvgIpc) is 2.57. The predicted octanol–water partition coefficient (Wildman–Crippen LogP) is 3.54. The number of hydrogen-bond acceptors (Lipinski definition) is 2. The Morgan fingerprint density at radius 3 is 1.89 bits per heavy atom. The molecule has 1 aliphatic heterocycles. The summed E-state index contributed by atoms with van der Waals surface area (Å²) in [4.78, 5) is 25.3. The highest BCUT2D eigenvalue weighted by Crippen LogP contribution is 2.32. The van der Waals surface area contributed by atoms with Crippen LogP contribution in [0.2, 0.25) is 0 Å². The maximum atomic E-state index is 12.0. The first kappa shape index (κ1) is 15.4. The quantitative estimate of drug-likeness (QED) is 0.725. The molecule has 1 atom stereocenters. The molecule has 3 heteroatoms. The van der Waals surface area contributed by atoms with Gasteiger partial charge in [0.15, 0.2) is 0 Å². The molecule has 19 heavy (non-hydrogen) atoms. The molecule has 0 saturated carbocycles. The van der Waals surface area contributed by atoms with Gasteiger partial charge in [-0.3, -0.25) is 9.59 Å². The molecule has 1 aliphatic rings. The van der Waals surface area contributed by atoms with Crippen LogP contribution in [0.4, 0.5) is 5.69 Å². The SMILES string of the molecule is CC.Cc1cc(C)c(N2C(=O)CC(C)C2=O)c(C)c1. The lowest BCUT2D eigenvalue weighted by Gasteiger charge is -2.20. The zero-order valence-corrected chi connectivity index (χ0v) is 12.7. The van der Waals surface area contributed by atoms with E-state index in [2.05, 4.69) is 0 Å². The monoisotopic (exact) mass is 261 g/mol. The summed E-state index contributed by atoms with van der Waals surface area (Å²) in [6.07, 6.45) is 0.325.